The first-order valence-corrected chi connectivity index (χ1v) is 25.5. The van der Waals surface area contributed by atoms with Crippen molar-refractivity contribution < 1.29 is 18.9 Å². The third-order valence-electron chi connectivity index (χ3n) is 15.3. The number of aryl methyl sites for hydroxylation is 4. The monoisotopic (exact) mass is 922 g/mol. The van der Waals surface area contributed by atoms with Gasteiger partial charge in [0.1, 0.15) is 0 Å². The Morgan fingerprint density at radius 1 is 0.271 bits per heavy atom. The van der Waals surface area contributed by atoms with Crippen molar-refractivity contribution >= 4 is 0 Å². The highest BCUT2D eigenvalue weighted by Crippen LogP contribution is 2.45. The van der Waals surface area contributed by atoms with Crippen LogP contribution in [0.5, 0.6) is 23.0 Å². The zero-order valence-electron chi connectivity index (χ0n) is 39.4. The van der Waals surface area contributed by atoms with Crippen LogP contribution in [0.1, 0.15) is 139 Å². The number of fused-ring (bicyclic) bond motifs is 18. The Balaban J connectivity index is 1.13. The molecule has 5 aromatic carbocycles. The molecule has 0 amide bonds. The van der Waals surface area contributed by atoms with Gasteiger partial charge >= 0.3 is 0 Å². The number of aromatic amines is 4. The van der Waals surface area contributed by atoms with Crippen LogP contribution in [0.2, 0.25) is 0 Å². The molecule has 12 bridgehead atoms. The Morgan fingerprint density at radius 2 is 0.486 bits per heavy atom. The van der Waals surface area contributed by atoms with Crippen molar-refractivity contribution in [2.75, 3.05) is 26.4 Å². The topological polar surface area (TPSA) is 100 Å². The molecule has 7 heterocycles. The summed E-state index contributed by atoms with van der Waals surface area (Å²) >= 11 is 0. The maximum atomic E-state index is 6.77. The minimum absolute atomic E-state index is 0.104. The van der Waals surface area contributed by atoms with E-state index in [-0.39, 0.29) is 23.7 Å². The van der Waals surface area contributed by atoms with Crippen molar-refractivity contribution in [2.24, 2.45) is 0 Å². The highest BCUT2D eigenvalue weighted by molar-refractivity contribution is 5.56. The van der Waals surface area contributed by atoms with Crippen molar-refractivity contribution in [3.63, 3.8) is 0 Å². The third kappa shape index (κ3) is 7.89. The normalized spacial score (nSPS) is 19.8. The molecule has 0 atom stereocenters. The van der Waals surface area contributed by atoms with Crippen molar-refractivity contribution in [3.05, 3.63) is 248 Å². The van der Waals surface area contributed by atoms with Gasteiger partial charge in [-0.05, 0) is 144 Å². The van der Waals surface area contributed by atoms with Gasteiger partial charge in [-0.3, -0.25) is 0 Å². The predicted octanol–water partition coefficient (Wildman–Crippen LogP) is 13.0. The summed E-state index contributed by atoms with van der Waals surface area (Å²) in [5, 5.41) is 0. The van der Waals surface area contributed by atoms with E-state index in [4.69, 9.17) is 18.9 Å². The Morgan fingerprint density at radius 3 is 0.714 bits per heavy atom. The summed E-state index contributed by atoms with van der Waals surface area (Å²) in [7, 11) is 0. The lowest BCUT2D eigenvalue weighted by molar-refractivity contribution is 0.243. The van der Waals surface area contributed by atoms with E-state index in [2.05, 4.69) is 166 Å². The van der Waals surface area contributed by atoms with Crippen molar-refractivity contribution in [1.82, 2.24) is 19.9 Å². The predicted molar refractivity (Wildman–Crippen MR) is 274 cm³/mol. The molecule has 3 aliphatic rings. The van der Waals surface area contributed by atoms with Gasteiger partial charge in [0.25, 0.3) is 0 Å². The molecule has 0 saturated heterocycles. The summed E-state index contributed by atoms with van der Waals surface area (Å²) < 4.78 is 27.1. The van der Waals surface area contributed by atoms with Crippen LogP contribution in [-0.4, -0.2) is 46.4 Å². The molecular weight excluding hydrogens is 865 g/mol. The molecule has 350 valence electrons. The number of ether oxygens (including phenoxy) is 4. The van der Waals surface area contributed by atoms with Crippen molar-refractivity contribution in [3.8, 4) is 23.0 Å². The van der Waals surface area contributed by atoms with Crippen LogP contribution in [0.15, 0.2) is 158 Å². The van der Waals surface area contributed by atoms with Gasteiger partial charge < -0.3 is 38.9 Å². The van der Waals surface area contributed by atoms with E-state index in [1.54, 1.807) is 0 Å². The second-order valence-electron chi connectivity index (χ2n) is 19.6. The first-order valence-electron chi connectivity index (χ1n) is 25.5. The van der Waals surface area contributed by atoms with E-state index in [1.807, 2.05) is 12.1 Å². The molecule has 0 radical (unpaired) electrons. The highest BCUT2D eigenvalue weighted by Gasteiger charge is 2.32. The van der Waals surface area contributed by atoms with E-state index < -0.39 is 0 Å². The van der Waals surface area contributed by atoms with E-state index in [1.165, 1.54) is 44.5 Å². The summed E-state index contributed by atoms with van der Waals surface area (Å²) in [6.07, 6.45) is 6.58. The van der Waals surface area contributed by atoms with Gasteiger partial charge in [0.05, 0.1) is 50.1 Å². The Hall–Kier alpha value is -7.58. The van der Waals surface area contributed by atoms with Crippen LogP contribution >= 0.6 is 0 Å². The number of nitrogens with one attached hydrogen (secondary N) is 4. The molecule has 0 saturated carbocycles. The van der Waals surface area contributed by atoms with E-state index in [0.29, 0.717) is 49.4 Å². The molecule has 8 heteroatoms. The van der Waals surface area contributed by atoms with E-state index in [9.17, 15) is 0 Å². The van der Waals surface area contributed by atoms with Gasteiger partial charge in [0.2, 0.25) is 0 Å². The Labute approximate surface area is 409 Å². The van der Waals surface area contributed by atoms with Gasteiger partial charge in [-0.15, -0.1) is 0 Å². The highest BCUT2D eigenvalue weighted by atomic mass is 16.5. The average molecular weight is 923 g/mol. The van der Waals surface area contributed by atoms with Gasteiger partial charge in [0, 0.05) is 57.7 Å². The summed E-state index contributed by atoms with van der Waals surface area (Å²) in [5.74, 6) is 2.31. The molecule has 3 aliphatic heterocycles. The second kappa shape index (κ2) is 18.4. The molecule has 4 aromatic heterocycles. The number of benzene rings is 5. The largest absolute Gasteiger partial charge is 0.490 e. The van der Waals surface area contributed by atoms with Crippen LogP contribution in [0, 0.1) is 0 Å². The van der Waals surface area contributed by atoms with E-state index in [0.717, 1.165) is 96.9 Å². The number of aromatic nitrogens is 4. The standard InChI is InChI=1S/C62H58N4O4/c1-5-21-43-39(13-1)17-9-33-67-55-37-57-58-38-56(55)68-34-10-18-40-14-2-6-22-44(40)60-48-26-25-47(63-48)59(43)51-29-30-52(65-51)61(45-23-7-3-15-41(45)19-11-35-69-57)49-27-28-50(64-49)62(54-32-31-53(60)66-54)46-24-8-4-16-42(46)20-12-36-70-58/h1-8,13-16,21-32,37-38,59-66H,9-12,17-20,33-36H2. The Kier molecular flexibility index (Phi) is 11.2. The fraction of sp³-hybridized carbons (Fsp3) is 0.258. The maximum Gasteiger partial charge on any atom is 0.165 e. The lowest BCUT2D eigenvalue weighted by atomic mass is 9.87. The number of hydrogen-bond donors (Lipinski definition) is 4. The number of hydrogen-bond acceptors (Lipinski definition) is 4. The molecule has 4 N–H and O–H groups in total. The fourth-order valence-corrected chi connectivity index (χ4v) is 12.0. The number of rotatable bonds is 0. The minimum Gasteiger partial charge on any atom is -0.490 e. The van der Waals surface area contributed by atoms with Crippen molar-refractivity contribution in [2.45, 2.75) is 75.0 Å². The van der Waals surface area contributed by atoms with Crippen LogP contribution in [0.4, 0.5) is 0 Å². The molecule has 0 aliphatic carbocycles. The summed E-state index contributed by atoms with van der Waals surface area (Å²) in [4.78, 5) is 16.6. The van der Waals surface area contributed by atoms with Crippen LogP contribution in [-0.2, 0) is 25.7 Å². The summed E-state index contributed by atoms with van der Waals surface area (Å²) in [6.45, 7) is 2.05. The smallest absolute Gasteiger partial charge is 0.165 e. The molecule has 12 rings (SSSR count). The zero-order valence-corrected chi connectivity index (χ0v) is 39.4. The minimum atomic E-state index is -0.104. The molecule has 70 heavy (non-hydrogen) atoms. The van der Waals surface area contributed by atoms with E-state index >= 15 is 0 Å². The van der Waals surface area contributed by atoms with Crippen LogP contribution in [0.3, 0.4) is 0 Å². The molecular formula is C62H58N4O4. The maximum absolute atomic E-state index is 6.77. The van der Waals surface area contributed by atoms with Gasteiger partial charge in [0.15, 0.2) is 23.0 Å². The van der Waals surface area contributed by atoms with Gasteiger partial charge in [-0.1, -0.05) is 97.1 Å². The first-order chi connectivity index (χ1) is 34.7. The molecule has 8 nitrogen and oxygen atoms in total. The summed E-state index contributed by atoms with van der Waals surface area (Å²) in [6, 6.07) is 58.6. The number of H-pyrrole nitrogens is 4. The fourth-order valence-electron chi connectivity index (χ4n) is 12.0. The molecule has 0 spiro atoms. The molecule has 0 unspecified atom stereocenters. The average Bonchev–Trinajstić information content (AvgIpc) is 4.24. The quantitative estimate of drug-likeness (QED) is 0.122. The SMILES string of the molecule is c1ccc2c(c1)CCCOc1cc3c4cc1OCCCc1ccccc1C1c5ccc([nH]5)C2c2ccc([nH]2)C(c2ccc([nH]2)C(c2ccc1[nH]2)c1ccccc1CCCO4)c1ccccc1CCCO3. The van der Waals surface area contributed by atoms with Crippen molar-refractivity contribution in [1.29, 1.82) is 0 Å². The van der Waals surface area contributed by atoms with Crippen LogP contribution < -0.4 is 18.9 Å². The second-order valence-corrected chi connectivity index (χ2v) is 19.6. The zero-order chi connectivity index (χ0) is 46.4. The van der Waals surface area contributed by atoms with Gasteiger partial charge in [-0.2, -0.15) is 0 Å². The molecule has 0 fully saturated rings. The molecule has 9 aromatic rings. The Bertz CT molecular complexity index is 2890. The van der Waals surface area contributed by atoms with Crippen LogP contribution in [0.25, 0.3) is 0 Å². The lowest BCUT2D eigenvalue weighted by Crippen LogP contribution is -2.13. The van der Waals surface area contributed by atoms with Gasteiger partial charge in [-0.25, -0.2) is 0 Å². The first kappa shape index (κ1) is 42.5. The summed E-state index contributed by atoms with van der Waals surface area (Å²) in [5.41, 5.74) is 19.4. The third-order valence-corrected chi connectivity index (χ3v) is 15.3. The lowest BCUT2D eigenvalue weighted by Gasteiger charge is -2.24.